The highest BCUT2D eigenvalue weighted by molar-refractivity contribution is 5.92. The van der Waals surface area contributed by atoms with Gasteiger partial charge in [0.05, 0.1) is 18.4 Å². The number of carbonyl (C=O) groups excluding carboxylic acids is 1. The van der Waals surface area contributed by atoms with Crippen molar-refractivity contribution in [2.24, 2.45) is 0 Å². The second kappa shape index (κ2) is 7.92. The number of hydrogen-bond acceptors (Lipinski definition) is 5. The molecule has 1 aromatic carbocycles. The molecule has 0 spiro atoms. The molecule has 1 saturated heterocycles. The Labute approximate surface area is 146 Å². The summed E-state index contributed by atoms with van der Waals surface area (Å²) in [4.78, 5) is 12.2. The lowest BCUT2D eigenvalue weighted by atomic mass is 10.2. The van der Waals surface area contributed by atoms with Crippen LogP contribution in [0.2, 0.25) is 0 Å². The second-order valence-corrected chi connectivity index (χ2v) is 5.88. The lowest BCUT2D eigenvalue weighted by Crippen LogP contribution is -2.24. The molecule has 3 rings (SSSR count). The van der Waals surface area contributed by atoms with Gasteiger partial charge in [0.2, 0.25) is 0 Å². The Bertz CT molecular complexity index is 774. The third-order valence-corrected chi connectivity index (χ3v) is 4.05. The van der Waals surface area contributed by atoms with Crippen LogP contribution in [-0.4, -0.2) is 41.6 Å². The molecule has 1 amide bonds. The van der Waals surface area contributed by atoms with Crippen molar-refractivity contribution in [3.05, 3.63) is 41.6 Å². The van der Waals surface area contributed by atoms with Crippen molar-refractivity contribution in [1.29, 1.82) is 5.26 Å². The zero-order chi connectivity index (χ0) is 17.6. The molecule has 1 aromatic heterocycles. The predicted molar refractivity (Wildman–Crippen MR) is 91.4 cm³/mol. The normalized spacial score (nSPS) is 16.6. The molecule has 0 unspecified atom stereocenters. The zero-order valence-corrected chi connectivity index (χ0v) is 14.1. The first kappa shape index (κ1) is 17.1. The van der Waals surface area contributed by atoms with E-state index in [1.54, 1.807) is 11.6 Å². The fourth-order valence-corrected chi connectivity index (χ4v) is 2.73. The summed E-state index contributed by atoms with van der Waals surface area (Å²) in [5.74, 6) is 0.191. The van der Waals surface area contributed by atoms with Crippen LogP contribution in [0.3, 0.4) is 0 Å². The number of hydrogen-bond donors (Lipinski definition) is 1. The molecule has 2 heterocycles. The lowest BCUT2D eigenvalue weighted by molar-refractivity contribution is -0.121. The van der Waals surface area contributed by atoms with Crippen LogP contribution in [0.4, 0.5) is 5.82 Å². The monoisotopic (exact) mass is 340 g/mol. The number of rotatable bonds is 6. The molecule has 0 aliphatic carbocycles. The number of nitrogens with one attached hydrogen (secondary N) is 1. The Kier molecular flexibility index (Phi) is 5.43. The van der Waals surface area contributed by atoms with Gasteiger partial charge in [-0.15, -0.1) is 0 Å². The van der Waals surface area contributed by atoms with Gasteiger partial charge in [-0.1, -0.05) is 18.2 Å². The van der Waals surface area contributed by atoms with E-state index in [9.17, 15) is 10.1 Å². The van der Waals surface area contributed by atoms with Gasteiger partial charge >= 0.3 is 0 Å². The average Bonchev–Trinajstić information content (AvgIpc) is 3.25. The fraction of sp³-hybridized carbons (Fsp3) is 0.389. The van der Waals surface area contributed by atoms with Crippen molar-refractivity contribution in [1.82, 2.24) is 9.78 Å². The molecule has 0 bridgehead atoms. The van der Waals surface area contributed by atoms with Crippen LogP contribution in [0, 0.1) is 18.3 Å². The van der Waals surface area contributed by atoms with Crippen LogP contribution in [-0.2, 0) is 14.3 Å². The molecule has 1 atom stereocenters. The molecule has 1 aliphatic rings. The Morgan fingerprint density at radius 3 is 2.96 bits per heavy atom. The molecule has 1 fully saturated rings. The highest BCUT2D eigenvalue weighted by Crippen LogP contribution is 2.22. The van der Waals surface area contributed by atoms with Gasteiger partial charge in [-0.3, -0.25) is 4.79 Å². The number of benzene rings is 1. The molecule has 0 radical (unpaired) electrons. The Hall–Kier alpha value is -2.69. The fourth-order valence-electron chi connectivity index (χ4n) is 2.73. The largest absolute Gasteiger partial charge is 0.376 e. The van der Waals surface area contributed by atoms with E-state index in [0.29, 0.717) is 18.0 Å². The molecule has 0 saturated carbocycles. The van der Waals surface area contributed by atoms with Gasteiger partial charge in [0.25, 0.3) is 5.91 Å². The molecule has 130 valence electrons. The van der Waals surface area contributed by atoms with Crippen LogP contribution in [0.5, 0.6) is 0 Å². The van der Waals surface area contributed by atoms with Gasteiger partial charge in [-0.2, -0.15) is 10.4 Å². The SMILES string of the molecule is Cc1c(C#N)nn(-c2ccccc2)c1NC(=O)COC[C@H]1CCCO1. The highest BCUT2D eigenvalue weighted by Gasteiger charge is 2.19. The van der Waals surface area contributed by atoms with E-state index < -0.39 is 0 Å². The molecule has 2 aromatic rings. The maximum atomic E-state index is 12.2. The van der Waals surface area contributed by atoms with Gasteiger partial charge in [0, 0.05) is 12.2 Å². The first-order chi connectivity index (χ1) is 12.2. The molecular formula is C18H20N4O3. The number of nitrogens with zero attached hydrogens (tertiary/aromatic N) is 3. The van der Waals surface area contributed by atoms with E-state index in [1.165, 1.54) is 0 Å². The summed E-state index contributed by atoms with van der Waals surface area (Å²) < 4.78 is 12.5. The van der Waals surface area contributed by atoms with Crippen molar-refractivity contribution >= 4 is 11.7 Å². The minimum Gasteiger partial charge on any atom is -0.376 e. The Morgan fingerprint density at radius 2 is 2.28 bits per heavy atom. The summed E-state index contributed by atoms with van der Waals surface area (Å²) >= 11 is 0. The summed E-state index contributed by atoms with van der Waals surface area (Å²) in [6.45, 7) is 2.86. The molecule has 7 nitrogen and oxygen atoms in total. The van der Waals surface area contributed by atoms with Gasteiger partial charge in [-0.05, 0) is 31.9 Å². The Balaban J connectivity index is 1.69. The van der Waals surface area contributed by atoms with Crippen LogP contribution >= 0.6 is 0 Å². The first-order valence-electron chi connectivity index (χ1n) is 8.23. The van der Waals surface area contributed by atoms with Crippen LogP contribution in [0.25, 0.3) is 5.69 Å². The number of ether oxygens (including phenoxy) is 2. The van der Waals surface area contributed by atoms with E-state index in [2.05, 4.69) is 10.4 Å². The lowest BCUT2D eigenvalue weighted by Gasteiger charge is -2.12. The minimum absolute atomic E-state index is 0.0683. The van der Waals surface area contributed by atoms with E-state index in [0.717, 1.165) is 25.1 Å². The summed E-state index contributed by atoms with van der Waals surface area (Å²) in [6, 6.07) is 11.4. The van der Waals surface area contributed by atoms with Crippen molar-refractivity contribution in [2.45, 2.75) is 25.9 Å². The van der Waals surface area contributed by atoms with Gasteiger partial charge in [0.1, 0.15) is 18.5 Å². The standard InChI is InChI=1S/C18H20N4O3/c1-13-16(10-19)21-22(14-6-3-2-4-7-14)18(13)20-17(23)12-24-11-15-8-5-9-25-15/h2-4,6-7,15H,5,8-9,11-12H2,1H3,(H,20,23)/t15-/m1/s1. The van der Waals surface area contributed by atoms with Crippen molar-refractivity contribution < 1.29 is 14.3 Å². The van der Waals surface area contributed by atoms with E-state index in [4.69, 9.17) is 9.47 Å². The third kappa shape index (κ3) is 4.05. The number of amides is 1. The summed E-state index contributed by atoms with van der Waals surface area (Å²) in [5.41, 5.74) is 1.67. The van der Waals surface area contributed by atoms with E-state index in [-0.39, 0.29) is 24.3 Å². The topological polar surface area (TPSA) is 89.2 Å². The van der Waals surface area contributed by atoms with Gasteiger partial charge in [-0.25, -0.2) is 4.68 Å². The first-order valence-corrected chi connectivity index (χ1v) is 8.23. The number of anilines is 1. The van der Waals surface area contributed by atoms with Crippen molar-refractivity contribution in [2.75, 3.05) is 25.1 Å². The third-order valence-electron chi connectivity index (χ3n) is 4.05. The highest BCUT2D eigenvalue weighted by atomic mass is 16.5. The van der Waals surface area contributed by atoms with E-state index >= 15 is 0 Å². The summed E-state index contributed by atoms with van der Waals surface area (Å²) in [6.07, 6.45) is 2.08. The maximum absolute atomic E-state index is 12.2. The molecular weight excluding hydrogens is 320 g/mol. The average molecular weight is 340 g/mol. The van der Waals surface area contributed by atoms with Crippen LogP contribution < -0.4 is 5.32 Å². The number of nitriles is 1. The minimum atomic E-state index is -0.289. The second-order valence-electron chi connectivity index (χ2n) is 5.88. The van der Waals surface area contributed by atoms with Crippen LogP contribution in [0.1, 0.15) is 24.1 Å². The maximum Gasteiger partial charge on any atom is 0.251 e. The zero-order valence-electron chi connectivity index (χ0n) is 14.1. The van der Waals surface area contributed by atoms with Crippen molar-refractivity contribution in [3.63, 3.8) is 0 Å². The molecule has 1 N–H and O–H groups in total. The summed E-state index contributed by atoms with van der Waals surface area (Å²) in [7, 11) is 0. The number of carbonyl (C=O) groups is 1. The van der Waals surface area contributed by atoms with Crippen LogP contribution in [0.15, 0.2) is 30.3 Å². The smallest absolute Gasteiger partial charge is 0.251 e. The Morgan fingerprint density at radius 1 is 1.48 bits per heavy atom. The quantitative estimate of drug-likeness (QED) is 0.870. The number of para-hydroxylation sites is 1. The molecule has 7 heteroatoms. The predicted octanol–water partition coefficient (Wildman–Crippen LogP) is 2.19. The molecule has 25 heavy (non-hydrogen) atoms. The molecule has 1 aliphatic heterocycles. The van der Waals surface area contributed by atoms with Crippen molar-refractivity contribution in [3.8, 4) is 11.8 Å². The van der Waals surface area contributed by atoms with Gasteiger partial charge in [0.15, 0.2) is 5.69 Å². The number of aromatic nitrogens is 2. The van der Waals surface area contributed by atoms with Gasteiger partial charge < -0.3 is 14.8 Å². The van der Waals surface area contributed by atoms with E-state index in [1.807, 2.05) is 36.4 Å². The summed E-state index contributed by atoms with van der Waals surface area (Å²) in [5, 5.41) is 16.3.